The molecule has 0 bridgehead atoms. The summed E-state index contributed by atoms with van der Waals surface area (Å²) in [6, 6.07) is 7.40. The Hall–Kier alpha value is -1.88. The second-order valence-corrected chi connectivity index (χ2v) is 4.71. The van der Waals surface area contributed by atoms with E-state index in [4.69, 9.17) is 9.84 Å². The van der Waals surface area contributed by atoms with Crippen LogP contribution in [0.4, 0.5) is 0 Å². The molecule has 1 fully saturated rings. The standard InChI is InChI=1S/C14H17NO4/c1-10-4-2-3-5-11(10)7-15-12(6-14(17)18)8-19-9-13(15)16/h2-5,12H,6-9H2,1H3,(H,17,18). The fraction of sp³-hybridized carbons (Fsp3) is 0.429. The Morgan fingerprint density at radius 2 is 2.21 bits per heavy atom. The Balaban J connectivity index is 2.16. The van der Waals surface area contributed by atoms with Crippen LogP contribution in [0, 0.1) is 6.92 Å². The Bertz CT molecular complexity index is 486. The van der Waals surface area contributed by atoms with E-state index in [-0.39, 0.29) is 25.5 Å². The highest BCUT2D eigenvalue weighted by molar-refractivity contribution is 5.79. The molecule has 2 rings (SSSR count). The van der Waals surface area contributed by atoms with Crippen molar-refractivity contribution in [3.05, 3.63) is 35.4 Å². The first kappa shape index (κ1) is 13.5. The van der Waals surface area contributed by atoms with E-state index < -0.39 is 12.0 Å². The van der Waals surface area contributed by atoms with Crippen molar-refractivity contribution in [3.8, 4) is 0 Å². The summed E-state index contributed by atoms with van der Waals surface area (Å²) in [6.07, 6.45) is -0.0857. The molecule has 1 heterocycles. The van der Waals surface area contributed by atoms with Gasteiger partial charge in [-0.1, -0.05) is 24.3 Å². The van der Waals surface area contributed by atoms with Gasteiger partial charge < -0.3 is 14.7 Å². The van der Waals surface area contributed by atoms with Crippen LogP contribution in [0.3, 0.4) is 0 Å². The highest BCUT2D eigenvalue weighted by Crippen LogP contribution is 2.18. The molecule has 1 unspecified atom stereocenters. The maximum absolute atomic E-state index is 11.9. The molecule has 0 aromatic heterocycles. The van der Waals surface area contributed by atoms with Gasteiger partial charge in [-0.3, -0.25) is 9.59 Å². The number of carboxylic acid groups (broad SMARTS) is 1. The zero-order valence-corrected chi connectivity index (χ0v) is 10.8. The Morgan fingerprint density at radius 1 is 1.47 bits per heavy atom. The van der Waals surface area contributed by atoms with Crippen molar-refractivity contribution in [2.75, 3.05) is 13.2 Å². The first-order valence-corrected chi connectivity index (χ1v) is 6.21. The van der Waals surface area contributed by atoms with Crippen LogP contribution in [-0.4, -0.2) is 41.1 Å². The molecule has 0 saturated carbocycles. The number of hydrogen-bond donors (Lipinski definition) is 1. The smallest absolute Gasteiger partial charge is 0.305 e. The van der Waals surface area contributed by atoms with E-state index in [1.165, 1.54) is 0 Å². The number of aliphatic carboxylic acids is 1. The molecule has 102 valence electrons. The van der Waals surface area contributed by atoms with Gasteiger partial charge in [0.2, 0.25) is 5.91 Å². The zero-order valence-electron chi connectivity index (χ0n) is 10.8. The lowest BCUT2D eigenvalue weighted by Crippen LogP contribution is -2.49. The largest absolute Gasteiger partial charge is 0.481 e. The predicted molar refractivity (Wildman–Crippen MR) is 68.6 cm³/mol. The average molecular weight is 263 g/mol. The number of morpholine rings is 1. The molecule has 1 aromatic rings. The van der Waals surface area contributed by atoms with Gasteiger partial charge in [-0.05, 0) is 18.1 Å². The Morgan fingerprint density at radius 3 is 2.89 bits per heavy atom. The van der Waals surface area contributed by atoms with Crippen molar-refractivity contribution < 1.29 is 19.4 Å². The summed E-state index contributed by atoms with van der Waals surface area (Å²) in [7, 11) is 0. The quantitative estimate of drug-likeness (QED) is 0.886. The van der Waals surface area contributed by atoms with E-state index in [0.717, 1.165) is 11.1 Å². The number of amides is 1. The van der Waals surface area contributed by atoms with Crippen molar-refractivity contribution in [2.45, 2.75) is 25.9 Å². The van der Waals surface area contributed by atoms with Crippen LogP contribution in [0.25, 0.3) is 0 Å². The molecule has 1 aromatic carbocycles. The molecule has 1 amide bonds. The fourth-order valence-corrected chi connectivity index (χ4v) is 2.22. The molecule has 1 atom stereocenters. The van der Waals surface area contributed by atoms with Gasteiger partial charge in [0, 0.05) is 6.54 Å². The van der Waals surface area contributed by atoms with Gasteiger partial charge in [-0.2, -0.15) is 0 Å². The van der Waals surface area contributed by atoms with Crippen molar-refractivity contribution in [2.24, 2.45) is 0 Å². The molecule has 0 spiro atoms. The maximum atomic E-state index is 11.9. The van der Waals surface area contributed by atoms with E-state index in [2.05, 4.69) is 0 Å². The number of carbonyl (C=O) groups is 2. The average Bonchev–Trinajstić information content (AvgIpc) is 2.35. The van der Waals surface area contributed by atoms with E-state index in [9.17, 15) is 9.59 Å². The number of ether oxygens (including phenoxy) is 1. The summed E-state index contributed by atoms with van der Waals surface area (Å²) >= 11 is 0. The summed E-state index contributed by atoms with van der Waals surface area (Å²) in [5.74, 6) is -1.07. The molecule has 5 heteroatoms. The minimum Gasteiger partial charge on any atom is -0.481 e. The van der Waals surface area contributed by atoms with Gasteiger partial charge in [0.25, 0.3) is 0 Å². The third kappa shape index (κ3) is 3.32. The zero-order chi connectivity index (χ0) is 13.8. The normalized spacial score (nSPS) is 19.5. The van der Waals surface area contributed by atoms with Crippen molar-refractivity contribution in [3.63, 3.8) is 0 Å². The summed E-state index contributed by atoms with van der Waals surface area (Å²) in [5.41, 5.74) is 2.13. The number of nitrogens with zero attached hydrogens (tertiary/aromatic N) is 1. The lowest BCUT2D eigenvalue weighted by molar-refractivity contribution is -0.152. The predicted octanol–water partition coefficient (Wildman–Crippen LogP) is 1.20. The number of carbonyl (C=O) groups excluding carboxylic acids is 1. The second-order valence-electron chi connectivity index (χ2n) is 4.71. The van der Waals surface area contributed by atoms with E-state index in [0.29, 0.717) is 6.54 Å². The lowest BCUT2D eigenvalue weighted by Gasteiger charge is -2.35. The third-order valence-electron chi connectivity index (χ3n) is 3.31. The van der Waals surface area contributed by atoms with E-state index in [1.807, 2.05) is 31.2 Å². The van der Waals surface area contributed by atoms with Crippen molar-refractivity contribution in [1.82, 2.24) is 4.90 Å². The van der Waals surface area contributed by atoms with E-state index in [1.54, 1.807) is 4.90 Å². The van der Waals surface area contributed by atoms with Gasteiger partial charge in [-0.15, -0.1) is 0 Å². The van der Waals surface area contributed by atoms with Crippen LogP contribution < -0.4 is 0 Å². The maximum Gasteiger partial charge on any atom is 0.305 e. The monoisotopic (exact) mass is 263 g/mol. The first-order chi connectivity index (χ1) is 9.08. The number of aryl methyl sites for hydroxylation is 1. The molecule has 5 nitrogen and oxygen atoms in total. The Labute approximate surface area is 111 Å². The molecule has 1 N–H and O–H groups in total. The van der Waals surface area contributed by atoms with Crippen LogP contribution >= 0.6 is 0 Å². The van der Waals surface area contributed by atoms with Crippen LogP contribution in [0.15, 0.2) is 24.3 Å². The molecule has 1 aliphatic heterocycles. The number of carboxylic acids is 1. The third-order valence-corrected chi connectivity index (χ3v) is 3.31. The highest BCUT2D eigenvalue weighted by atomic mass is 16.5. The topological polar surface area (TPSA) is 66.8 Å². The van der Waals surface area contributed by atoms with Crippen LogP contribution in [0.5, 0.6) is 0 Å². The van der Waals surface area contributed by atoms with Gasteiger partial charge in [0.1, 0.15) is 6.61 Å². The van der Waals surface area contributed by atoms with Gasteiger partial charge in [-0.25, -0.2) is 0 Å². The molecule has 1 saturated heterocycles. The summed E-state index contributed by atoms with van der Waals surface area (Å²) < 4.78 is 5.14. The van der Waals surface area contributed by atoms with Crippen LogP contribution in [-0.2, 0) is 20.9 Å². The van der Waals surface area contributed by atoms with Crippen LogP contribution in [0.2, 0.25) is 0 Å². The molecule has 0 aliphatic carbocycles. The fourth-order valence-electron chi connectivity index (χ4n) is 2.22. The molecule has 0 radical (unpaired) electrons. The van der Waals surface area contributed by atoms with Crippen LogP contribution in [0.1, 0.15) is 17.5 Å². The van der Waals surface area contributed by atoms with Crippen molar-refractivity contribution >= 4 is 11.9 Å². The summed E-state index contributed by atoms with van der Waals surface area (Å²) in [6.45, 7) is 2.73. The molecule has 19 heavy (non-hydrogen) atoms. The number of rotatable bonds is 4. The number of benzene rings is 1. The summed E-state index contributed by atoms with van der Waals surface area (Å²) in [5, 5.41) is 8.90. The second kappa shape index (κ2) is 5.84. The van der Waals surface area contributed by atoms with E-state index >= 15 is 0 Å². The van der Waals surface area contributed by atoms with Gasteiger partial charge in [0.15, 0.2) is 0 Å². The highest BCUT2D eigenvalue weighted by Gasteiger charge is 2.30. The SMILES string of the molecule is Cc1ccccc1CN1C(=O)COCC1CC(=O)O. The number of hydrogen-bond acceptors (Lipinski definition) is 3. The van der Waals surface area contributed by atoms with Gasteiger partial charge >= 0.3 is 5.97 Å². The minimum absolute atomic E-state index is 0.0298. The summed E-state index contributed by atoms with van der Waals surface area (Å²) in [4.78, 5) is 24.4. The first-order valence-electron chi connectivity index (χ1n) is 6.21. The lowest BCUT2D eigenvalue weighted by atomic mass is 10.1. The minimum atomic E-state index is -0.918. The van der Waals surface area contributed by atoms with Gasteiger partial charge in [0.05, 0.1) is 19.1 Å². The molecular formula is C14H17NO4. The Kier molecular flexibility index (Phi) is 4.16. The van der Waals surface area contributed by atoms with Crippen molar-refractivity contribution in [1.29, 1.82) is 0 Å². The molecule has 1 aliphatic rings. The molecular weight excluding hydrogens is 246 g/mol.